The van der Waals surface area contributed by atoms with E-state index in [0.717, 1.165) is 24.2 Å². The standard InChI is InChI=1S/C26H25N3O5S/c1-4-5-14-34-19-8-6-17(7-9-19)21-20(22(31)18-10-12-27-13-11-18)23(32)25(33)29(21)26-28-15(2)24(35-26)16(3)30/h6-13,21,31H,4-5,14H2,1-3H3. The van der Waals surface area contributed by atoms with Gasteiger partial charge >= 0.3 is 5.91 Å². The van der Waals surface area contributed by atoms with E-state index in [1.165, 1.54) is 24.2 Å². The summed E-state index contributed by atoms with van der Waals surface area (Å²) in [5.41, 5.74) is 1.38. The van der Waals surface area contributed by atoms with Crippen molar-refractivity contribution >= 4 is 39.7 Å². The van der Waals surface area contributed by atoms with Crippen LogP contribution < -0.4 is 9.64 Å². The average Bonchev–Trinajstić information content (AvgIpc) is 3.37. The van der Waals surface area contributed by atoms with Gasteiger partial charge in [-0.2, -0.15) is 0 Å². The third-order valence-electron chi connectivity index (χ3n) is 5.67. The van der Waals surface area contributed by atoms with Gasteiger partial charge in [-0.15, -0.1) is 0 Å². The molecule has 1 amide bonds. The molecule has 35 heavy (non-hydrogen) atoms. The number of rotatable bonds is 8. The molecule has 3 heterocycles. The first kappa shape index (κ1) is 24.3. The van der Waals surface area contributed by atoms with Gasteiger partial charge in [-0.25, -0.2) is 4.98 Å². The average molecular weight is 492 g/mol. The maximum atomic E-state index is 13.2. The molecule has 0 bridgehead atoms. The predicted molar refractivity (Wildman–Crippen MR) is 133 cm³/mol. The van der Waals surface area contributed by atoms with Gasteiger partial charge in [-0.3, -0.25) is 24.3 Å². The highest BCUT2D eigenvalue weighted by molar-refractivity contribution is 7.18. The smallest absolute Gasteiger partial charge is 0.301 e. The van der Waals surface area contributed by atoms with E-state index in [1.54, 1.807) is 43.3 Å². The second-order valence-electron chi connectivity index (χ2n) is 8.14. The molecule has 8 nitrogen and oxygen atoms in total. The third kappa shape index (κ3) is 4.72. The van der Waals surface area contributed by atoms with E-state index >= 15 is 0 Å². The van der Waals surface area contributed by atoms with Crippen LogP contribution in [0.4, 0.5) is 5.13 Å². The van der Waals surface area contributed by atoms with Crippen LogP contribution in [0.5, 0.6) is 5.75 Å². The van der Waals surface area contributed by atoms with Gasteiger partial charge in [0.25, 0.3) is 5.78 Å². The first-order valence-electron chi connectivity index (χ1n) is 11.3. The van der Waals surface area contributed by atoms with E-state index in [4.69, 9.17) is 4.74 Å². The molecule has 0 spiro atoms. The Balaban J connectivity index is 1.84. The molecule has 1 saturated heterocycles. The number of aromatic nitrogens is 2. The number of anilines is 1. The molecule has 3 aromatic rings. The number of Topliss-reactive ketones (excluding diaryl/α,β-unsaturated/α-hetero) is 2. The summed E-state index contributed by atoms with van der Waals surface area (Å²) in [6, 6.07) is 9.25. The Morgan fingerprint density at radius 3 is 2.43 bits per heavy atom. The highest BCUT2D eigenvalue weighted by atomic mass is 32.1. The number of ketones is 2. The number of carbonyl (C=O) groups excluding carboxylic acids is 3. The summed E-state index contributed by atoms with van der Waals surface area (Å²) in [7, 11) is 0. The number of pyridine rings is 1. The second-order valence-corrected chi connectivity index (χ2v) is 9.12. The van der Waals surface area contributed by atoms with Crippen molar-refractivity contribution in [1.29, 1.82) is 0 Å². The lowest BCUT2D eigenvalue weighted by Crippen LogP contribution is -2.29. The van der Waals surface area contributed by atoms with Gasteiger partial charge in [0.05, 0.1) is 28.8 Å². The number of thiazole rings is 1. The number of aryl methyl sites for hydroxylation is 1. The SMILES string of the molecule is CCCCOc1ccc(C2C(=C(O)c3ccncc3)C(=O)C(=O)N2c2nc(C)c(C(C)=O)s2)cc1. The highest BCUT2D eigenvalue weighted by Crippen LogP contribution is 2.44. The number of amides is 1. The van der Waals surface area contributed by atoms with Gasteiger partial charge < -0.3 is 9.84 Å². The molecule has 1 aliphatic rings. The van der Waals surface area contributed by atoms with Crippen LogP contribution in [0.25, 0.3) is 5.76 Å². The highest BCUT2D eigenvalue weighted by Gasteiger charge is 2.48. The number of unbranched alkanes of at least 4 members (excludes halogenated alkanes) is 1. The van der Waals surface area contributed by atoms with Crippen LogP contribution in [0.2, 0.25) is 0 Å². The summed E-state index contributed by atoms with van der Waals surface area (Å²) in [4.78, 5) is 48.5. The quantitative estimate of drug-likeness (QED) is 0.158. The zero-order valence-corrected chi connectivity index (χ0v) is 20.5. The molecule has 9 heteroatoms. The van der Waals surface area contributed by atoms with E-state index in [0.29, 0.717) is 34.1 Å². The van der Waals surface area contributed by atoms with Crippen LogP contribution in [-0.2, 0) is 9.59 Å². The lowest BCUT2D eigenvalue weighted by molar-refractivity contribution is -0.132. The van der Waals surface area contributed by atoms with Gasteiger partial charge in [-0.05, 0) is 43.2 Å². The number of benzene rings is 1. The molecule has 2 aromatic heterocycles. The zero-order chi connectivity index (χ0) is 25.1. The van der Waals surface area contributed by atoms with Crippen molar-refractivity contribution in [3.05, 3.63) is 76.1 Å². The van der Waals surface area contributed by atoms with E-state index < -0.39 is 17.7 Å². The van der Waals surface area contributed by atoms with Gasteiger partial charge in [0.2, 0.25) is 0 Å². The van der Waals surface area contributed by atoms with Crippen LogP contribution in [0.15, 0.2) is 54.4 Å². The Kier molecular flexibility index (Phi) is 7.07. The molecule has 1 unspecified atom stereocenters. The van der Waals surface area contributed by atoms with Crippen molar-refractivity contribution in [2.24, 2.45) is 0 Å². The second kappa shape index (κ2) is 10.2. The minimum atomic E-state index is -0.932. The summed E-state index contributed by atoms with van der Waals surface area (Å²) < 4.78 is 5.74. The Bertz CT molecular complexity index is 1300. The number of hydrogen-bond donors (Lipinski definition) is 1. The van der Waals surface area contributed by atoms with Crippen LogP contribution in [0.3, 0.4) is 0 Å². The van der Waals surface area contributed by atoms with Crippen LogP contribution in [0, 0.1) is 6.92 Å². The predicted octanol–water partition coefficient (Wildman–Crippen LogP) is 4.85. The lowest BCUT2D eigenvalue weighted by Gasteiger charge is -2.23. The monoisotopic (exact) mass is 491 g/mol. The number of ether oxygens (including phenoxy) is 1. The first-order chi connectivity index (χ1) is 16.8. The van der Waals surface area contributed by atoms with Crippen molar-refractivity contribution in [3.8, 4) is 5.75 Å². The fourth-order valence-corrected chi connectivity index (χ4v) is 4.89. The number of nitrogens with zero attached hydrogens (tertiary/aromatic N) is 3. The van der Waals surface area contributed by atoms with Crippen LogP contribution in [0.1, 0.15) is 59.2 Å². The molecule has 1 aromatic carbocycles. The van der Waals surface area contributed by atoms with Gasteiger partial charge in [0.1, 0.15) is 11.5 Å². The Morgan fingerprint density at radius 2 is 1.83 bits per heavy atom. The van der Waals surface area contributed by atoms with Crippen molar-refractivity contribution in [2.75, 3.05) is 11.5 Å². The first-order valence-corrected chi connectivity index (χ1v) is 12.1. The number of aliphatic hydroxyl groups excluding tert-OH is 1. The fraction of sp³-hybridized carbons (Fsp3) is 0.269. The molecule has 1 N–H and O–H groups in total. The molecule has 1 aliphatic heterocycles. The molecule has 1 fully saturated rings. The summed E-state index contributed by atoms with van der Waals surface area (Å²) >= 11 is 1.05. The van der Waals surface area contributed by atoms with Crippen molar-refractivity contribution in [2.45, 2.75) is 39.7 Å². The number of carbonyl (C=O) groups is 3. The van der Waals surface area contributed by atoms with Crippen LogP contribution >= 0.6 is 11.3 Å². The fourth-order valence-electron chi connectivity index (χ4n) is 3.90. The topological polar surface area (TPSA) is 110 Å². The molecule has 4 rings (SSSR count). The largest absolute Gasteiger partial charge is 0.507 e. The number of hydrogen-bond acceptors (Lipinski definition) is 8. The van der Waals surface area contributed by atoms with E-state index in [1.807, 2.05) is 0 Å². The van der Waals surface area contributed by atoms with Crippen molar-refractivity contribution in [3.63, 3.8) is 0 Å². The molecule has 0 aliphatic carbocycles. The Labute approximate surface area is 206 Å². The van der Waals surface area contributed by atoms with E-state index in [-0.39, 0.29) is 22.2 Å². The Morgan fingerprint density at radius 1 is 1.14 bits per heavy atom. The molecular weight excluding hydrogens is 466 g/mol. The summed E-state index contributed by atoms with van der Waals surface area (Å²) in [5.74, 6) is -1.47. The molecule has 0 radical (unpaired) electrons. The van der Waals surface area contributed by atoms with Crippen LogP contribution in [-0.4, -0.2) is 39.2 Å². The van der Waals surface area contributed by atoms with Gasteiger partial charge in [-0.1, -0.05) is 36.8 Å². The summed E-state index contributed by atoms with van der Waals surface area (Å²) in [6.07, 6.45) is 4.92. The van der Waals surface area contributed by atoms with Crippen molar-refractivity contribution in [1.82, 2.24) is 9.97 Å². The van der Waals surface area contributed by atoms with Gasteiger partial charge in [0, 0.05) is 24.9 Å². The third-order valence-corrected chi connectivity index (χ3v) is 6.93. The molecule has 1 atom stereocenters. The maximum Gasteiger partial charge on any atom is 0.301 e. The molecule has 0 saturated carbocycles. The normalized spacial score (nSPS) is 17.1. The van der Waals surface area contributed by atoms with Gasteiger partial charge in [0.15, 0.2) is 10.9 Å². The van der Waals surface area contributed by atoms with E-state index in [2.05, 4.69) is 16.9 Å². The minimum Gasteiger partial charge on any atom is -0.507 e. The van der Waals surface area contributed by atoms with E-state index in [9.17, 15) is 19.5 Å². The molecule has 180 valence electrons. The maximum absolute atomic E-state index is 13.2. The van der Waals surface area contributed by atoms with Crippen molar-refractivity contribution < 1.29 is 24.2 Å². The lowest BCUT2D eigenvalue weighted by atomic mass is 9.95. The molecular formula is C26H25N3O5S. The minimum absolute atomic E-state index is 0.0573. The number of aliphatic hydroxyl groups is 1. The summed E-state index contributed by atoms with van der Waals surface area (Å²) in [6.45, 7) is 5.77. The Hall–Kier alpha value is -3.85. The summed E-state index contributed by atoms with van der Waals surface area (Å²) in [5, 5.41) is 11.3. The zero-order valence-electron chi connectivity index (χ0n) is 19.6.